The molecule has 0 bridgehead atoms. The third-order valence-corrected chi connectivity index (χ3v) is 5.12. The first-order chi connectivity index (χ1) is 13.0. The highest BCUT2D eigenvalue weighted by atomic mass is 16.2. The SMILES string of the molecule is Cn1c2c(ccc1=O)C(NC(=O)Nc1cccc3c(=O)[nH]ccc13)CCC2. The van der Waals surface area contributed by atoms with Gasteiger partial charge in [0.05, 0.1) is 11.7 Å². The largest absolute Gasteiger partial charge is 0.331 e. The Bertz CT molecular complexity index is 1150. The number of nitrogens with one attached hydrogen (secondary N) is 3. The van der Waals surface area contributed by atoms with E-state index in [1.54, 1.807) is 48.1 Å². The van der Waals surface area contributed by atoms with E-state index in [0.717, 1.165) is 30.5 Å². The number of amides is 2. The highest BCUT2D eigenvalue weighted by Crippen LogP contribution is 2.28. The first kappa shape index (κ1) is 17.1. The van der Waals surface area contributed by atoms with Crippen molar-refractivity contribution in [1.82, 2.24) is 14.9 Å². The summed E-state index contributed by atoms with van der Waals surface area (Å²) in [5, 5.41) is 7.05. The zero-order chi connectivity index (χ0) is 19.0. The number of fused-ring (bicyclic) bond motifs is 2. The van der Waals surface area contributed by atoms with Crippen molar-refractivity contribution in [2.75, 3.05) is 5.32 Å². The van der Waals surface area contributed by atoms with Crippen LogP contribution in [0, 0.1) is 0 Å². The van der Waals surface area contributed by atoms with E-state index in [0.29, 0.717) is 16.5 Å². The summed E-state index contributed by atoms with van der Waals surface area (Å²) in [6.07, 6.45) is 4.10. The van der Waals surface area contributed by atoms with Gasteiger partial charge in [-0.25, -0.2) is 4.79 Å². The second-order valence-electron chi connectivity index (χ2n) is 6.75. The van der Waals surface area contributed by atoms with Gasteiger partial charge in [-0.1, -0.05) is 6.07 Å². The molecule has 1 atom stereocenters. The molecule has 3 aromatic rings. The minimum absolute atomic E-state index is 0.0418. The average molecular weight is 364 g/mol. The molecule has 2 aromatic heterocycles. The second-order valence-corrected chi connectivity index (χ2v) is 6.75. The van der Waals surface area contributed by atoms with Gasteiger partial charge in [-0.3, -0.25) is 9.59 Å². The average Bonchev–Trinajstić information content (AvgIpc) is 2.66. The fourth-order valence-electron chi connectivity index (χ4n) is 3.75. The van der Waals surface area contributed by atoms with E-state index in [9.17, 15) is 14.4 Å². The third-order valence-electron chi connectivity index (χ3n) is 5.12. The van der Waals surface area contributed by atoms with Gasteiger partial charge in [0.2, 0.25) is 5.56 Å². The Hall–Kier alpha value is -3.35. The van der Waals surface area contributed by atoms with Gasteiger partial charge < -0.3 is 20.2 Å². The number of hydrogen-bond donors (Lipinski definition) is 3. The van der Waals surface area contributed by atoms with Crippen LogP contribution in [0.4, 0.5) is 10.5 Å². The van der Waals surface area contributed by atoms with E-state index in [-0.39, 0.29) is 23.2 Å². The number of carbonyl (C=O) groups excluding carboxylic acids is 1. The molecule has 4 rings (SSSR count). The number of anilines is 1. The van der Waals surface area contributed by atoms with Crippen molar-refractivity contribution < 1.29 is 4.79 Å². The number of aromatic nitrogens is 2. The molecule has 0 saturated carbocycles. The van der Waals surface area contributed by atoms with Crippen molar-refractivity contribution in [2.45, 2.75) is 25.3 Å². The van der Waals surface area contributed by atoms with Crippen LogP contribution in [0.15, 0.2) is 52.2 Å². The lowest BCUT2D eigenvalue weighted by molar-refractivity contribution is 0.247. The molecule has 138 valence electrons. The van der Waals surface area contributed by atoms with Crippen LogP contribution in [0.25, 0.3) is 10.8 Å². The second kappa shape index (κ2) is 6.75. The van der Waals surface area contributed by atoms with Gasteiger partial charge in [0.25, 0.3) is 5.56 Å². The predicted octanol–water partition coefficient (Wildman–Crippen LogP) is 2.43. The smallest absolute Gasteiger partial charge is 0.319 e. The Morgan fingerprint density at radius 3 is 2.85 bits per heavy atom. The summed E-state index contributed by atoms with van der Waals surface area (Å²) in [5.74, 6) is 0. The molecule has 1 unspecified atom stereocenters. The fraction of sp³-hybridized carbons (Fsp3) is 0.250. The van der Waals surface area contributed by atoms with Crippen LogP contribution in [-0.2, 0) is 13.5 Å². The molecular weight excluding hydrogens is 344 g/mol. The zero-order valence-corrected chi connectivity index (χ0v) is 14.9. The normalized spacial score (nSPS) is 16.0. The predicted molar refractivity (Wildman–Crippen MR) is 104 cm³/mol. The number of hydrogen-bond acceptors (Lipinski definition) is 3. The molecule has 0 radical (unpaired) electrons. The minimum Gasteiger partial charge on any atom is -0.331 e. The summed E-state index contributed by atoms with van der Waals surface area (Å²) in [6.45, 7) is 0. The number of aromatic amines is 1. The number of urea groups is 1. The third kappa shape index (κ3) is 3.12. The van der Waals surface area contributed by atoms with E-state index < -0.39 is 0 Å². The highest BCUT2D eigenvalue weighted by Gasteiger charge is 2.24. The molecule has 27 heavy (non-hydrogen) atoms. The number of H-pyrrole nitrogens is 1. The molecule has 1 aromatic carbocycles. The summed E-state index contributed by atoms with van der Waals surface area (Å²) >= 11 is 0. The Morgan fingerprint density at radius 1 is 1.15 bits per heavy atom. The molecule has 2 heterocycles. The molecule has 0 saturated heterocycles. The van der Waals surface area contributed by atoms with Crippen LogP contribution in [0.3, 0.4) is 0 Å². The first-order valence-electron chi connectivity index (χ1n) is 8.91. The Morgan fingerprint density at radius 2 is 2.00 bits per heavy atom. The highest BCUT2D eigenvalue weighted by molar-refractivity contribution is 6.01. The maximum atomic E-state index is 12.6. The minimum atomic E-state index is -0.338. The van der Waals surface area contributed by atoms with Crippen molar-refractivity contribution >= 4 is 22.5 Å². The molecule has 7 heteroatoms. The summed E-state index contributed by atoms with van der Waals surface area (Å²) in [4.78, 5) is 39.0. The topological polar surface area (TPSA) is 96.0 Å². The van der Waals surface area contributed by atoms with Crippen molar-refractivity contribution in [3.63, 3.8) is 0 Å². The molecule has 0 spiro atoms. The number of benzene rings is 1. The van der Waals surface area contributed by atoms with Crippen molar-refractivity contribution in [1.29, 1.82) is 0 Å². The van der Waals surface area contributed by atoms with Gasteiger partial charge in [-0.05, 0) is 49.1 Å². The van der Waals surface area contributed by atoms with Gasteiger partial charge >= 0.3 is 6.03 Å². The van der Waals surface area contributed by atoms with Crippen LogP contribution >= 0.6 is 0 Å². The summed E-state index contributed by atoms with van der Waals surface area (Å²) in [6, 6.07) is 9.83. The van der Waals surface area contributed by atoms with Gasteiger partial charge in [0.15, 0.2) is 0 Å². The summed E-state index contributed by atoms with van der Waals surface area (Å²) in [5.41, 5.74) is 2.29. The quantitative estimate of drug-likeness (QED) is 0.652. The lowest BCUT2D eigenvalue weighted by Gasteiger charge is -2.27. The Balaban J connectivity index is 1.59. The Labute approximate surface area is 155 Å². The molecule has 2 amide bonds. The van der Waals surface area contributed by atoms with Crippen LogP contribution in [-0.4, -0.2) is 15.6 Å². The molecule has 0 aliphatic heterocycles. The van der Waals surface area contributed by atoms with E-state index in [2.05, 4.69) is 15.6 Å². The molecule has 7 nitrogen and oxygen atoms in total. The van der Waals surface area contributed by atoms with Crippen LogP contribution in [0.2, 0.25) is 0 Å². The fourth-order valence-corrected chi connectivity index (χ4v) is 3.75. The molecule has 3 N–H and O–H groups in total. The standard InChI is InChI=1S/C20H20N4O3/c1-24-17-7-3-6-16(14(17)8-9-18(24)25)23-20(27)22-15-5-2-4-13-12(15)10-11-21-19(13)26/h2,4-5,8-11,16H,3,6-7H2,1H3,(H,21,26)(H2,22,23,27). The van der Waals surface area contributed by atoms with E-state index in [1.807, 2.05) is 0 Å². The summed E-state index contributed by atoms with van der Waals surface area (Å²) in [7, 11) is 1.76. The molecule has 1 aliphatic rings. The lowest BCUT2D eigenvalue weighted by Crippen LogP contribution is -2.36. The van der Waals surface area contributed by atoms with E-state index in [1.165, 1.54) is 6.07 Å². The number of nitrogens with zero attached hydrogens (tertiary/aromatic N) is 1. The molecule has 0 fully saturated rings. The van der Waals surface area contributed by atoms with Gasteiger partial charge in [-0.2, -0.15) is 0 Å². The van der Waals surface area contributed by atoms with E-state index >= 15 is 0 Å². The van der Waals surface area contributed by atoms with Crippen LogP contribution in [0.1, 0.15) is 30.1 Å². The lowest BCUT2D eigenvalue weighted by atomic mass is 9.91. The molecular formula is C20H20N4O3. The van der Waals surface area contributed by atoms with Gasteiger partial charge in [0.1, 0.15) is 0 Å². The summed E-state index contributed by atoms with van der Waals surface area (Å²) < 4.78 is 1.65. The maximum absolute atomic E-state index is 12.6. The van der Waals surface area contributed by atoms with E-state index in [4.69, 9.17) is 0 Å². The first-order valence-corrected chi connectivity index (χ1v) is 8.91. The van der Waals surface area contributed by atoms with Crippen LogP contribution < -0.4 is 21.8 Å². The Kier molecular flexibility index (Phi) is 4.27. The van der Waals surface area contributed by atoms with Gasteiger partial charge in [0, 0.05) is 35.8 Å². The van der Waals surface area contributed by atoms with Crippen molar-refractivity contribution in [2.24, 2.45) is 7.05 Å². The van der Waals surface area contributed by atoms with Crippen LogP contribution in [0.5, 0.6) is 0 Å². The van der Waals surface area contributed by atoms with Gasteiger partial charge in [-0.15, -0.1) is 0 Å². The number of carbonyl (C=O) groups is 1. The number of pyridine rings is 2. The number of rotatable bonds is 2. The maximum Gasteiger partial charge on any atom is 0.319 e. The monoisotopic (exact) mass is 364 g/mol. The molecule has 1 aliphatic carbocycles. The van der Waals surface area contributed by atoms with Crippen molar-refractivity contribution in [3.8, 4) is 0 Å². The van der Waals surface area contributed by atoms with Crippen molar-refractivity contribution in [3.05, 3.63) is 74.6 Å². The zero-order valence-electron chi connectivity index (χ0n) is 14.9.